The van der Waals surface area contributed by atoms with Gasteiger partial charge in [0.2, 0.25) is 0 Å². The normalized spacial score (nSPS) is 14.6. The van der Waals surface area contributed by atoms with Gasteiger partial charge in [-0.25, -0.2) is 0 Å². The van der Waals surface area contributed by atoms with E-state index in [0.717, 1.165) is 55.8 Å². The summed E-state index contributed by atoms with van der Waals surface area (Å²) in [5, 5.41) is 6.72. The molecule has 0 aliphatic carbocycles. The lowest BCUT2D eigenvalue weighted by Crippen LogP contribution is -2.39. The minimum Gasteiger partial charge on any atom is -0.382 e. The monoisotopic (exact) mass is 289 g/mol. The maximum atomic E-state index is 13.0. The van der Waals surface area contributed by atoms with E-state index in [0.29, 0.717) is 0 Å². The number of unbranched alkanes of at least 4 members (excludes halogenated alkanes) is 1. The van der Waals surface area contributed by atoms with Crippen LogP contribution in [0.3, 0.4) is 0 Å². The van der Waals surface area contributed by atoms with Crippen LogP contribution in [0, 0.1) is 0 Å². The summed E-state index contributed by atoms with van der Waals surface area (Å²) in [5.74, 6) is 0.144. The highest BCUT2D eigenvalue weighted by atomic mass is 16.2. The predicted octanol–water partition coefficient (Wildman–Crippen LogP) is 3.56. The Morgan fingerprint density at radius 1 is 1.29 bits per heavy atom. The molecular weight excluding hydrogens is 262 g/mol. The van der Waals surface area contributed by atoms with Crippen molar-refractivity contribution in [2.24, 2.45) is 0 Å². The SMILES string of the molecule is CCCCN(C(=O)c1cccc2c1NCCN2)C(C)CC. The van der Waals surface area contributed by atoms with Crippen molar-refractivity contribution in [1.29, 1.82) is 0 Å². The lowest BCUT2D eigenvalue weighted by Gasteiger charge is -2.31. The lowest BCUT2D eigenvalue weighted by atomic mass is 10.1. The van der Waals surface area contributed by atoms with Gasteiger partial charge in [0.05, 0.1) is 16.9 Å². The Balaban J connectivity index is 2.28. The Labute approximate surface area is 127 Å². The number of rotatable bonds is 6. The van der Waals surface area contributed by atoms with E-state index in [1.54, 1.807) is 0 Å². The zero-order valence-corrected chi connectivity index (χ0v) is 13.4. The first kappa shape index (κ1) is 15.7. The fourth-order valence-electron chi connectivity index (χ4n) is 2.68. The molecule has 0 radical (unpaired) electrons. The van der Waals surface area contributed by atoms with Crippen LogP contribution in [0.1, 0.15) is 50.4 Å². The molecule has 0 bridgehead atoms. The number of para-hydroxylation sites is 1. The van der Waals surface area contributed by atoms with Gasteiger partial charge >= 0.3 is 0 Å². The van der Waals surface area contributed by atoms with E-state index in [1.165, 1.54) is 0 Å². The molecule has 0 saturated heterocycles. The van der Waals surface area contributed by atoms with Crippen LogP contribution >= 0.6 is 0 Å². The summed E-state index contributed by atoms with van der Waals surface area (Å²) in [4.78, 5) is 15.0. The molecule has 21 heavy (non-hydrogen) atoms. The van der Waals surface area contributed by atoms with Gasteiger partial charge < -0.3 is 15.5 Å². The first-order chi connectivity index (χ1) is 10.2. The molecule has 4 nitrogen and oxygen atoms in total. The second-order valence-corrected chi connectivity index (χ2v) is 5.69. The molecule has 1 aliphatic heterocycles. The number of hydrogen-bond acceptors (Lipinski definition) is 3. The van der Waals surface area contributed by atoms with Crippen molar-refractivity contribution in [3.63, 3.8) is 0 Å². The first-order valence-electron chi connectivity index (χ1n) is 8.10. The van der Waals surface area contributed by atoms with Crippen LogP contribution in [0.25, 0.3) is 0 Å². The van der Waals surface area contributed by atoms with Gasteiger partial charge in [-0.05, 0) is 31.9 Å². The number of nitrogens with zero attached hydrogens (tertiary/aromatic N) is 1. The molecular formula is C17H27N3O. The van der Waals surface area contributed by atoms with Crippen molar-refractivity contribution in [2.45, 2.75) is 46.1 Å². The quantitative estimate of drug-likeness (QED) is 0.841. The van der Waals surface area contributed by atoms with Gasteiger partial charge in [0.25, 0.3) is 5.91 Å². The number of anilines is 2. The molecule has 0 fully saturated rings. The van der Waals surface area contributed by atoms with Gasteiger partial charge in [-0.1, -0.05) is 26.3 Å². The zero-order chi connectivity index (χ0) is 15.2. The maximum absolute atomic E-state index is 13.0. The molecule has 2 N–H and O–H groups in total. The fourth-order valence-corrected chi connectivity index (χ4v) is 2.68. The third-order valence-electron chi connectivity index (χ3n) is 4.17. The average Bonchev–Trinajstić information content (AvgIpc) is 2.54. The van der Waals surface area contributed by atoms with E-state index in [-0.39, 0.29) is 11.9 Å². The summed E-state index contributed by atoms with van der Waals surface area (Å²) in [5.41, 5.74) is 2.78. The Morgan fingerprint density at radius 3 is 2.76 bits per heavy atom. The molecule has 1 unspecified atom stereocenters. The van der Waals surface area contributed by atoms with E-state index in [2.05, 4.69) is 31.4 Å². The number of fused-ring (bicyclic) bond motifs is 1. The number of carbonyl (C=O) groups excluding carboxylic acids is 1. The predicted molar refractivity (Wildman–Crippen MR) is 89.1 cm³/mol. The van der Waals surface area contributed by atoms with Gasteiger partial charge in [0.15, 0.2) is 0 Å². The van der Waals surface area contributed by atoms with Crippen molar-refractivity contribution < 1.29 is 4.79 Å². The first-order valence-corrected chi connectivity index (χ1v) is 8.10. The lowest BCUT2D eigenvalue weighted by molar-refractivity contribution is 0.0686. The highest BCUT2D eigenvalue weighted by molar-refractivity contribution is 6.03. The Hall–Kier alpha value is -1.71. The standard InChI is InChI=1S/C17H27N3O/c1-4-6-12-20(13(3)5-2)17(21)14-8-7-9-15-16(14)19-11-10-18-15/h7-9,13,18-19H,4-6,10-12H2,1-3H3. The summed E-state index contributed by atoms with van der Waals surface area (Å²) >= 11 is 0. The van der Waals surface area contributed by atoms with E-state index in [9.17, 15) is 4.79 Å². The highest BCUT2D eigenvalue weighted by Crippen LogP contribution is 2.29. The van der Waals surface area contributed by atoms with Gasteiger partial charge in [0.1, 0.15) is 0 Å². The van der Waals surface area contributed by atoms with E-state index < -0.39 is 0 Å². The molecule has 1 atom stereocenters. The minimum absolute atomic E-state index is 0.144. The molecule has 1 aromatic rings. The Bertz CT molecular complexity index is 487. The van der Waals surface area contributed by atoms with Crippen LogP contribution in [-0.4, -0.2) is 36.5 Å². The second kappa shape index (κ2) is 7.34. The molecule has 1 amide bonds. The van der Waals surface area contributed by atoms with Gasteiger partial charge in [-0.15, -0.1) is 0 Å². The summed E-state index contributed by atoms with van der Waals surface area (Å²) in [6, 6.07) is 6.19. The zero-order valence-electron chi connectivity index (χ0n) is 13.4. The van der Waals surface area contributed by atoms with Crippen molar-refractivity contribution in [2.75, 3.05) is 30.3 Å². The van der Waals surface area contributed by atoms with Gasteiger partial charge in [-0.3, -0.25) is 4.79 Å². The third kappa shape index (κ3) is 3.49. The molecule has 0 aromatic heterocycles. The number of amides is 1. The van der Waals surface area contributed by atoms with Crippen LogP contribution in [0.5, 0.6) is 0 Å². The molecule has 2 rings (SSSR count). The topological polar surface area (TPSA) is 44.4 Å². The number of benzene rings is 1. The minimum atomic E-state index is 0.144. The molecule has 4 heteroatoms. The summed E-state index contributed by atoms with van der Waals surface area (Å²) < 4.78 is 0. The highest BCUT2D eigenvalue weighted by Gasteiger charge is 2.24. The maximum Gasteiger partial charge on any atom is 0.256 e. The molecule has 1 aliphatic rings. The van der Waals surface area contributed by atoms with Crippen LogP contribution < -0.4 is 10.6 Å². The van der Waals surface area contributed by atoms with Crippen molar-refractivity contribution in [1.82, 2.24) is 4.90 Å². The van der Waals surface area contributed by atoms with Crippen LogP contribution in [0.4, 0.5) is 11.4 Å². The van der Waals surface area contributed by atoms with Gasteiger partial charge in [0, 0.05) is 25.7 Å². The molecule has 0 saturated carbocycles. The van der Waals surface area contributed by atoms with Crippen molar-refractivity contribution in [3.05, 3.63) is 23.8 Å². The fraction of sp³-hybridized carbons (Fsp3) is 0.588. The third-order valence-corrected chi connectivity index (χ3v) is 4.17. The number of nitrogens with one attached hydrogen (secondary N) is 2. The van der Waals surface area contributed by atoms with Gasteiger partial charge in [-0.2, -0.15) is 0 Å². The largest absolute Gasteiger partial charge is 0.382 e. The molecule has 1 heterocycles. The molecule has 1 aromatic carbocycles. The second-order valence-electron chi connectivity index (χ2n) is 5.69. The number of hydrogen-bond donors (Lipinski definition) is 2. The summed E-state index contributed by atoms with van der Waals surface area (Å²) in [6.07, 6.45) is 3.14. The van der Waals surface area contributed by atoms with Crippen LogP contribution in [0.15, 0.2) is 18.2 Å². The van der Waals surface area contributed by atoms with E-state index in [1.807, 2.05) is 23.1 Å². The number of carbonyl (C=O) groups is 1. The van der Waals surface area contributed by atoms with Crippen molar-refractivity contribution >= 4 is 17.3 Å². The Morgan fingerprint density at radius 2 is 2.05 bits per heavy atom. The molecule has 116 valence electrons. The average molecular weight is 289 g/mol. The van der Waals surface area contributed by atoms with Crippen LogP contribution in [-0.2, 0) is 0 Å². The van der Waals surface area contributed by atoms with E-state index >= 15 is 0 Å². The Kier molecular flexibility index (Phi) is 5.48. The smallest absolute Gasteiger partial charge is 0.256 e. The van der Waals surface area contributed by atoms with Crippen molar-refractivity contribution in [3.8, 4) is 0 Å². The summed E-state index contributed by atoms with van der Waals surface area (Å²) in [6.45, 7) is 9.02. The summed E-state index contributed by atoms with van der Waals surface area (Å²) in [7, 11) is 0. The molecule has 0 spiro atoms. The van der Waals surface area contributed by atoms with E-state index in [4.69, 9.17) is 0 Å². The van der Waals surface area contributed by atoms with Crippen LogP contribution in [0.2, 0.25) is 0 Å².